The number of nitrogens with zero attached hydrogens (tertiary/aromatic N) is 10. The van der Waals surface area contributed by atoms with Crippen LogP contribution in [0.4, 0.5) is 4.79 Å². The van der Waals surface area contributed by atoms with E-state index in [2.05, 4.69) is 112 Å². The highest BCUT2D eigenvalue weighted by atomic mass is 28.3. The van der Waals surface area contributed by atoms with E-state index in [1.54, 1.807) is 11.1 Å². The highest BCUT2D eigenvalue weighted by Crippen LogP contribution is 2.39. The average Bonchev–Trinajstić information content (AvgIpc) is 4.21. The minimum absolute atomic E-state index is 0.108. The molecule has 72 heavy (non-hydrogen) atoms. The zero-order valence-corrected chi connectivity index (χ0v) is 45.3. The molecule has 8 rings (SSSR count). The topological polar surface area (TPSA) is 231 Å². The molecule has 2 aromatic carbocycles. The number of benzene rings is 2. The second-order valence-electron chi connectivity index (χ2n) is 22.1. The van der Waals surface area contributed by atoms with Gasteiger partial charge in [-0.05, 0) is 52.5 Å². The smallest absolute Gasteiger partial charge is 0.407 e. The second kappa shape index (κ2) is 20.9. The summed E-state index contributed by atoms with van der Waals surface area (Å²) in [5.74, 6) is -0.808. The van der Waals surface area contributed by atoms with Gasteiger partial charge in [0.05, 0.1) is 53.8 Å². The van der Waals surface area contributed by atoms with E-state index in [1.165, 1.54) is 7.11 Å². The van der Waals surface area contributed by atoms with E-state index in [9.17, 15) is 24.3 Å². The number of nitrogens with one attached hydrogen (secondary N) is 3. The highest BCUT2D eigenvalue weighted by molar-refractivity contribution is 6.88. The summed E-state index contributed by atoms with van der Waals surface area (Å²) in [6, 6.07) is 14.0. The van der Waals surface area contributed by atoms with Gasteiger partial charge in [0, 0.05) is 43.8 Å². The van der Waals surface area contributed by atoms with E-state index >= 15 is 0 Å². The van der Waals surface area contributed by atoms with Gasteiger partial charge in [-0.3, -0.25) is 19.4 Å². The predicted molar refractivity (Wildman–Crippen MR) is 281 cm³/mol. The molecule has 1 unspecified atom stereocenters. The molecule has 0 saturated carbocycles. The SMILES string of the molecule is COC(=O)N[C@H](C(=O)N1C[C@H](n2cc([Si](C)(C)C)nn2)C[C@H]1C1=NC=C(c2ccc(-c3ccc(-c4cnc(C5C[C@@H](n6cc([Si](C)(C)C)nn6)CN5C(=O)[C@@H](NC(=O)CO)C(C)C)[nH]4)cc3)cc2)C1)C(C)C. The van der Waals surface area contributed by atoms with Crippen LogP contribution in [0.5, 0.6) is 0 Å². The first-order chi connectivity index (χ1) is 34.1. The highest BCUT2D eigenvalue weighted by Gasteiger charge is 2.45. The number of methoxy groups -OCH3 is 1. The van der Waals surface area contributed by atoms with Gasteiger partial charge in [0.1, 0.15) is 40.7 Å². The quantitative estimate of drug-likeness (QED) is 0.0954. The van der Waals surface area contributed by atoms with Gasteiger partial charge >= 0.3 is 6.09 Å². The third kappa shape index (κ3) is 11.1. The fraction of sp³-hybridized carbons (Fsp3) is 0.490. The van der Waals surface area contributed by atoms with Crippen LogP contribution in [0.15, 0.2) is 78.3 Å². The van der Waals surface area contributed by atoms with Crippen LogP contribution in [0.3, 0.4) is 0 Å². The third-order valence-corrected chi connectivity index (χ3v) is 17.6. The van der Waals surface area contributed by atoms with Crippen LogP contribution in [-0.2, 0) is 19.1 Å². The maximum atomic E-state index is 14.3. The number of H-pyrrole nitrogens is 1. The summed E-state index contributed by atoms with van der Waals surface area (Å²) in [4.78, 5) is 70.2. The van der Waals surface area contributed by atoms with Crippen molar-refractivity contribution >= 4 is 61.9 Å². The number of imidazole rings is 1. The van der Waals surface area contributed by atoms with Crippen LogP contribution in [0.1, 0.15) is 76.5 Å². The van der Waals surface area contributed by atoms with Gasteiger partial charge in [0.25, 0.3) is 0 Å². The lowest BCUT2D eigenvalue weighted by Gasteiger charge is -2.31. The monoisotopic (exact) mass is 1020 g/mol. The lowest BCUT2D eigenvalue weighted by atomic mass is 9.95. The molecule has 21 heteroatoms. The molecule has 3 aromatic heterocycles. The molecule has 5 aromatic rings. The Labute approximate surface area is 422 Å². The maximum absolute atomic E-state index is 14.3. The first-order valence-corrected chi connectivity index (χ1v) is 31.9. The molecule has 19 nitrogen and oxygen atoms in total. The Morgan fingerprint density at radius 2 is 1.21 bits per heavy atom. The number of aliphatic imine (C=N–C) groups is 1. The Bertz CT molecular complexity index is 2840. The summed E-state index contributed by atoms with van der Waals surface area (Å²) < 4.78 is 8.64. The van der Waals surface area contributed by atoms with Gasteiger partial charge in [-0.25, -0.2) is 19.1 Å². The summed E-state index contributed by atoms with van der Waals surface area (Å²) in [7, 11) is -2.16. The number of aromatic nitrogens is 8. The van der Waals surface area contributed by atoms with Gasteiger partial charge in [0.2, 0.25) is 17.7 Å². The van der Waals surface area contributed by atoms with Crippen molar-refractivity contribution in [3.63, 3.8) is 0 Å². The molecule has 4 amide bonds. The van der Waals surface area contributed by atoms with Gasteiger partial charge in [0.15, 0.2) is 0 Å². The van der Waals surface area contributed by atoms with E-state index in [1.807, 2.05) is 72.7 Å². The lowest BCUT2D eigenvalue weighted by molar-refractivity contribution is -0.139. The molecule has 4 N–H and O–H groups in total. The number of allylic oxidation sites excluding steroid dienone is 1. The van der Waals surface area contributed by atoms with Crippen LogP contribution in [-0.4, -0.2) is 145 Å². The fourth-order valence-corrected chi connectivity index (χ4v) is 11.4. The Morgan fingerprint density at radius 3 is 1.69 bits per heavy atom. The van der Waals surface area contributed by atoms with Gasteiger partial charge < -0.3 is 35.3 Å². The maximum Gasteiger partial charge on any atom is 0.407 e. The summed E-state index contributed by atoms with van der Waals surface area (Å²) in [6.45, 7) is 21.0. The largest absolute Gasteiger partial charge is 0.453 e. The Morgan fingerprint density at radius 1 is 0.722 bits per heavy atom. The molecule has 6 heterocycles. The van der Waals surface area contributed by atoms with E-state index in [0.717, 1.165) is 49.9 Å². The van der Waals surface area contributed by atoms with E-state index < -0.39 is 52.9 Å². The van der Waals surface area contributed by atoms with Crippen LogP contribution in [0.2, 0.25) is 39.3 Å². The average molecular weight is 1020 g/mol. The molecule has 2 saturated heterocycles. The van der Waals surface area contributed by atoms with E-state index in [4.69, 9.17) is 14.7 Å². The van der Waals surface area contributed by atoms with Crippen LogP contribution in [0.25, 0.3) is 28.0 Å². The summed E-state index contributed by atoms with van der Waals surface area (Å²) in [6.07, 6.45) is 8.80. The minimum atomic E-state index is -1.74. The van der Waals surface area contributed by atoms with Crippen LogP contribution < -0.4 is 21.3 Å². The van der Waals surface area contributed by atoms with Crippen molar-refractivity contribution in [3.05, 3.63) is 84.7 Å². The van der Waals surface area contributed by atoms with E-state index in [-0.39, 0.29) is 41.8 Å². The van der Waals surface area contributed by atoms with Crippen LogP contribution in [0, 0.1) is 11.8 Å². The number of hydrogen-bond donors (Lipinski definition) is 4. The van der Waals surface area contributed by atoms with Crippen molar-refractivity contribution in [3.8, 4) is 22.4 Å². The number of rotatable bonds is 16. The molecule has 0 aliphatic carbocycles. The number of carbonyl (C=O) groups is 4. The number of amides is 4. The molecule has 3 aliphatic rings. The molecular weight excluding hydrogens is 947 g/mol. The Hall–Kier alpha value is -6.59. The minimum Gasteiger partial charge on any atom is -0.453 e. The number of ether oxygens (including phenoxy) is 1. The number of aliphatic hydroxyl groups excluding tert-OH is 1. The zero-order chi connectivity index (χ0) is 51.8. The lowest BCUT2D eigenvalue weighted by Crippen LogP contribution is -2.53. The molecule has 0 spiro atoms. The number of alkyl carbamates (subject to hydrolysis) is 1. The summed E-state index contributed by atoms with van der Waals surface area (Å²) in [5.41, 5.74) is 6.77. The summed E-state index contributed by atoms with van der Waals surface area (Å²) >= 11 is 0. The summed E-state index contributed by atoms with van der Waals surface area (Å²) in [5, 5.41) is 35.0. The standard InChI is InChI=1S/C51H69N13O6Si2/c1-30(2)46(55-43(66)29-65)49(67)62-26-38(64-28-45(58-60-64)72(9,10)11)22-42(62)48-53-24-40(54-48)35-18-16-33(17-19-35)32-12-14-34(15-13-32)36-20-39(52-23-36)41-21-37(63-27-44(57-59-63)71(6,7)8)25-61(41)50(68)47(31(3)4)56-51(69)70-5/h12-19,23-24,27-28,30-31,37-38,41-42,46-47,65H,20-22,25-26,29H2,1-11H3,(H,53,54)(H,55,66)(H,56,69)/t37-,38-,41+,42?,46+,47+/m1/s1. The Kier molecular flexibility index (Phi) is 15.0. The predicted octanol–water partition coefficient (Wildman–Crippen LogP) is 5.07. The van der Waals surface area contributed by atoms with Gasteiger partial charge in [-0.15, -0.1) is 10.2 Å². The number of likely N-dealkylation sites (tertiary alicyclic amines) is 2. The van der Waals surface area contributed by atoms with Crippen molar-refractivity contribution in [2.45, 2.75) is 122 Å². The molecule has 3 aliphatic heterocycles. The van der Waals surface area contributed by atoms with Crippen LogP contribution >= 0.6 is 0 Å². The fourth-order valence-electron chi connectivity index (χ4n) is 9.66. The Balaban J connectivity index is 0.962. The normalized spacial score (nSPS) is 20.2. The number of hydrogen-bond acceptors (Lipinski definition) is 12. The van der Waals surface area contributed by atoms with Crippen molar-refractivity contribution in [2.24, 2.45) is 16.8 Å². The van der Waals surface area contributed by atoms with E-state index in [0.29, 0.717) is 38.2 Å². The van der Waals surface area contributed by atoms with Crippen molar-refractivity contribution in [1.82, 2.24) is 60.4 Å². The molecular formula is C51H69N13O6Si2. The van der Waals surface area contributed by atoms with Gasteiger partial charge in [-0.2, -0.15) is 0 Å². The number of carbonyl (C=O) groups excluding carboxylic acids is 4. The van der Waals surface area contributed by atoms with Gasteiger partial charge in [-0.1, -0.05) is 126 Å². The third-order valence-electron chi connectivity index (χ3n) is 14.1. The van der Waals surface area contributed by atoms with Crippen molar-refractivity contribution in [2.75, 3.05) is 26.8 Å². The first-order valence-electron chi connectivity index (χ1n) is 24.9. The second-order valence-corrected chi connectivity index (χ2v) is 32.1. The first kappa shape index (κ1) is 51.8. The number of aromatic amines is 1. The number of aliphatic hydroxyl groups is 1. The van der Waals surface area contributed by atoms with Crippen molar-refractivity contribution < 1.29 is 29.0 Å². The molecule has 6 atom stereocenters. The molecule has 382 valence electrons. The molecule has 0 radical (unpaired) electrons. The molecule has 0 bridgehead atoms. The zero-order valence-electron chi connectivity index (χ0n) is 43.3. The van der Waals surface area contributed by atoms with Crippen molar-refractivity contribution in [1.29, 1.82) is 0 Å². The molecule has 2 fully saturated rings.